The van der Waals surface area contributed by atoms with E-state index in [-0.39, 0.29) is 5.97 Å². The first kappa shape index (κ1) is 12.2. The summed E-state index contributed by atoms with van der Waals surface area (Å²) < 4.78 is 7.19. The summed E-state index contributed by atoms with van der Waals surface area (Å²) in [5, 5.41) is 3.14. The van der Waals surface area contributed by atoms with E-state index in [4.69, 9.17) is 4.74 Å². The van der Waals surface area contributed by atoms with Crippen LogP contribution in [0.2, 0.25) is 0 Å². The average molecular weight is 259 g/mol. The summed E-state index contributed by atoms with van der Waals surface area (Å²) in [5.74, 6) is -0.201. The van der Waals surface area contributed by atoms with Gasteiger partial charge in [0.2, 0.25) is 0 Å². The number of benzene rings is 1. The summed E-state index contributed by atoms with van der Waals surface area (Å²) in [6.07, 6.45) is 4.12. The molecule has 100 valence electrons. The van der Waals surface area contributed by atoms with Crippen molar-refractivity contribution in [1.82, 2.24) is 14.9 Å². The third-order valence-electron chi connectivity index (χ3n) is 3.30. The minimum Gasteiger partial charge on any atom is -0.460 e. The summed E-state index contributed by atoms with van der Waals surface area (Å²) in [7, 11) is 1.96. The molecule has 2 aromatic rings. The van der Waals surface area contributed by atoms with Gasteiger partial charge in [0, 0.05) is 13.1 Å². The number of nitrogens with one attached hydrogen (secondary N) is 1. The van der Waals surface area contributed by atoms with Gasteiger partial charge in [0.1, 0.15) is 6.61 Å². The van der Waals surface area contributed by atoms with Crippen LogP contribution < -0.4 is 5.32 Å². The number of carbonyl (C=O) groups excluding carboxylic acids is 1. The topological polar surface area (TPSA) is 56.2 Å². The van der Waals surface area contributed by atoms with Crippen LogP contribution in [0.3, 0.4) is 0 Å². The lowest BCUT2D eigenvalue weighted by Gasteiger charge is -2.06. The number of hydrogen-bond acceptors (Lipinski definition) is 4. The van der Waals surface area contributed by atoms with Crippen molar-refractivity contribution in [3.8, 4) is 0 Å². The maximum absolute atomic E-state index is 11.5. The molecule has 0 radical (unpaired) electrons. The van der Waals surface area contributed by atoms with Gasteiger partial charge in [0.15, 0.2) is 0 Å². The third-order valence-corrected chi connectivity index (χ3v) is 3.30. The van der Waals surface area contributed by atoms with E-state index in [0.717, 1.165) is 16.6 Å². The quantitative estimate of drug-likeness (QED) is 0.824. The number of imidazole rings is 1. The Hall–Kier alpha value is -1.88. The van der Waals surface area contributed by atoms with Crippen LogP contribution in [0.25, 0.3) is 11.0 Å². The van der Waals surface area contributed by atoms with Crippen molar-refractivity contribution in [2.24, 2.45) is 7.05 Å². The van der Waals surface area contributed by atoms with E-state index in [1.54, 1.807) is 6.33 Å². The number of fused-ring (bicyclic) bond motifs is 1. The Morgan fingerprint density at radius 3 is 3.16 bits per heavy atom. The van der Waals surface area contributed by atoms with Crippen molar-refractivity contribution in [3.05, 3.63) is 30.1 Å². The van der Waals surface area contributed by atoms with E-state index in [9.17, 15) is 4.79 Å². The van der Waals surface area contributed by atoms with Crippen LogP contribution in [0.5, 0.6) is 0 Å². The molecule has 0 spiro atoms. The predicted molar refractivity (Wildman–Crippen MR) is 71.5 cm³/mol. The number of esters is 1. The largest absolute Gasteiger partial charge is 0.460 e. The normalized spacial score (nSPS) is 14.8. The Labute approximate surface area is 111 Å². The van der Waals surface area contributed by atoms with Gasteiger partial charge in [0.05, 0.1) is 23.9 Å². The first-order chi connectivity index (χ1) is 9.22. The molecule has 1 aromatic carbocycles. The number of ether oxygens (including phenoxy) is 1. The first-order valence-corrected chi connectivity index (χ1v) is 6.51. The number of carbonyl (C=O) groups is 1. The number of nitrogens with zero attached hydrogens (tertiary/aromatic N) is 2. The second kappa shape index (κ2) is 5.01. The van der Waals surface area contributed by atoms with Crippen molar-refractivity contribution in [2.75, 3.05) is 6.54 Å². The molecule has 1 aliphatic carbocycles. The lowest BCUT2D eigenvalue weighted by molar-refractivity contribution is -0.143. The Kier molecular flexibility index (Phi) is 3.21. The standard InChI is InChI=1S/C14H17N3O2/c1-17-9-16-12-6-10(2-5-13(12)17)8-19-14(18)7-15-11-3-4-11/h2,5-6,9,11,15H,3-4,7-8H2,1H3. The fourth-order valence-corrected chi connectivity index (χ4v) is 2.00. The number of aryl methyl sites for hydroxylation is 1. The molecule has 5 nitrogen and oxygen atoms in total. The van der Waals surface area contributed by atoms with Crippen molar-refractivity contribution in [1.29, 1.82) is 0 Å². The molecular weight excluding hydrogens is 242 g/mol. The van der Waals surface area contributed by atoms with E-state index in [0.29, 0.717) is 19.2 Å². The highest BCUT2D eigenvalue weighted by Crippen LogP contribution is 2.18. The van der Waals surface area contributed by atoms with E-state index in [2.05, 4.69) is 10.3 Å². The molecule has 0 aliphatic heterocycles. The molecule has 5 heteroatoms. The molecule has 0 atom stereocenters. The monoisotopic (exact) mass is 259 g/mol. The molecule has 0 bridgehead atoms. The van der Waals surface area contributed by atoms with Crippen LogP contribution in [-0.4, -0.2) is 28.1 Å². The van der Waals surface area contributed by atoms with Crippen molar-refractivity contribution in [2.45, 2.75) is 25.5 Å². The zero-order chi connectivity index (χ0) is 13.2. The summed E-state index contributed by atoms with van der Waals surface area (Å²) in [5.41, 5.74) is 2.96. The van der Waals surface area contributed by atoms with Gasteiger partial charge in [0.25, 0.3) is 0 Å². The van der Waals surface area contributed by atoms with Gasteiger partial charge >= 0.3 is 5.97 Å². The fourth-order valence-electron chi connectivity index (χ4n) is 2.00. The van der Waals surface area contributed by atoms with Crippen LogP contribution in [0, 0.1) is 0 Å². The zero-order valence-electron chi connectivity index (χ0n) is 10.9. The van der Waals surface area contributed by atoms with Gasteiger partial charge in [-0.1, -0.05) is 6.07 Å². The van der Waals surface area contributed by atoms with Crippen molar-refractivity contribution < 1.29 is 9.53 Å². The minimum atomic E-state index is -0.201. The van der Waals surface area contributed by atoms with Crippen molar-refractivity contribution >= 4 is 17.0 Å². The van der Waals surface area contributed by atoms with Crippen molar-refractivity contribution in [3.63, 3.8) is 0 Å². The SMILES string of the molecule is Cn1cnc2cc(COC(=O)CNC3CC3)ccc21. The maximum Gasteiger partial charge on any atom is 0.320 e. The molecule has 0 saturated heterocycles. The molecule has 1 aromatic heterocycles. The Morgan fingerprint density at radius 2 is 2.37 bits per heavy atom. The van der Waals surface area contributed by atoms with E-state index in [1.807, 2.05) is 29.8 Å². The molecule has 0 unspecified atom stereocenters. The highest BCUT2D eigenvalue weighted by atomic mass is 16.5. The van der Waals surface area contributed by atoms with Crippen LogP contribution in [0.4, 0.5) is 0 Å². The van der Waals surface area contributed by atoms with Gasteiger partial charge in [-0.25, -0.2) is 4.98 Å². The highest BCUT2D eigenvalue weighted by Gasteiger charge is 2.21. The molecule has 1 heterocycles. The Balaban J connectivity index is 1.56. The smallest absolute Gasteiger partial charge is 0.320 e. The molecule has 3 rings (SSSR count). The molecule has 1 fully saturated rings. The van der Waals surface area contributed by atoms with E-state index < -0.39 is 0 Å². The molecule has 0 amide bonds. The summed E-state index contributed by atoms with van der Waals surface area (Å²) in [6.45, 7) is 0.605. The lowest BCUT2D eigenvalue weighted by atomic mass is 10.2. The van der Waals surface area contributed by atoms with E-state index in [1.165, 1.54) is 12.8 Å². The van der Waals surface area contributed by atoms with Gasteiger partial charge < -0.3 is 14.6 Å². The summed E-state index contributed by atoms with van der Waals surface area (Å²) >= 11 is 0. The summed E-state index contributed by atoms with van der Waals surface area (Å²) in [4.78, 5) is 15.8. The van der Waals surface area contributed by atoms with Gasteiger partial charge in [-0.2, -0.15) is 0 Å². The number of rotatable bonds is 5. The van der Waals surface area contributed by atoms with Crippen LogP contribution in [0.15, 0.2) is 24.5 Å². The minimum absolute atomic E-state index is 0.201. The lowest BCUT2D eigenvalue weighted by Crippen LogP contribution is -2.26. The third kappa shape index (κ3) is 2.93. The molecule has 1 N–H and O–H groups in total. The average Bonchev–Trinajstić information content (AvgIpc) is 3.18. The molecular formula is C14H17N3O2. The van der Waals surface area contributed by atoms with Crippen LogP contribution in [-0.2, 0) is 23.2 Å². The van der Waals surface area contributed by atoms with E-state index >= 15 is 0 Å². The molecule has 19 heavy (non-hydrogen) atoms. The second-order valence-corrected chi connectivity index (χ2v) is 4.99. The first-order valence-electron chi connectivity index (χ1n) is 6.51. The zero-order valence-corrected chi connectivity index (χ0v) is 10.9. The number of aromatic nitrogens is 2. The van der Waals surface area contributed by atoms with Gasteiger partial charge in [-0.05, 0) is 30.5 Å². The van der Waals surface area contributed by atoms with Gasteiger partial charge in [-0.15, -0.1) is 0 Å². The Bertz CT molecular complexity index is 602. The predicted octanol–water partition coefficient (Wildman–Crippen LogP) is 1.37. The Morgan fingerprint density at radius 1 is 1.53 bits per heavy atom. The maximum atomic E-state index is 11.5. The second-order valence-electron chi connectivity index (χ2n) is 4.99. The molecule has 1 aliphatic rings. The van der Waals surface area contributed by atoms with Crippen LogP contribution >= 0.6 is 0 Å². The van der Waals surface area contributed by atoms with Crippen LogP contribution in [0.1, 0.15) is 18.4 Å². The fraction of sp³-hybridized carbons (Fsp3) is 0.429. The number of hydrogen-bond donors (Lipinski definition) is 1. The summed E-state index contributed by atoms with van der Waals surface area (Å²) in [6, 6.07) is 6.44. The molecule has 1 saturated carbocycles. The van der Waals surface area contributed by atoms with Gasteiger partial charge in [-0.3, -0.25) is 4.79 Å². The highest BCUT2D eigenvalue weighted by molar-refractivity contribution is 5.76.